The second-order valence-electron chi connectivity index (χ2n) is 19.3. The summed E-state index contributed by atoms with van der Waals surface area (Å²) in [6.07, 6.45) is 34.0. The number of carbonyl (C=O) groups excluding carboxylic acids is 5. The third kappa shape index (κ3) is 41.5. The molecule has 2 unspecified atom stereocenters. The summed E-state index contributed by atoms with van der Waals surface area (Å²) in [5.74, 6) is -1.33. The topological polar surface area (TPSA) is 135 Å². The molecule has 0 radical (unpaired) electrons. The molecule has 0 aliphatic rings. The summed E-state index contributed by atoms with van der Waals surface area (Å²) in [6.45, 7) is 10.0. The van der Waals surface area contributed by atoms with E-state index in [0.29, 0.717) is 32.5 Å². The van der Waals surface area contributed by atoms with Gasteiger partial charge in [-0.25, -0.2) is 0 Å². The van der Waals surface area contributed by atoms with E-state index >= 15 is 0 Å². The molecular formula is C55H103NO10. The average Bonchev–Trinajstić information content (AvgIpc) is 3.29. The van der Waals surface area contributed by atoms with Crippen molar-refractivity contribution in [2.24, 2.45) is 11.8 Å². The molecule has 0 fully saturated rings. The standard InChI is InChI=1S/C55H103NO10/c1-7-11-15-19-21-29-38-48(36-27-17-13-9-3)54(60)62-44-33-25-23-31-40-51(57)64-46-50(66-53(59)42-35-43-56(5)6)47-65-52(58)41-32-24-26-34-45-63-55(61)49(37-28-18-14-10-4)39-30-22-20-16-12-8-2/h48-50H,7-47H2,1-6H3. The van der Waals surface area contributed by atoms with Gasteiger partial charge in [0.2, 0.25) is 0 Å². The molecule has 11 nitrogen and oxygen atoms in total. The Balaban J connectivity index is 4.63. The van der Waals surface area contributed by atoms with Gasteiger partial charge in [-0.2, -0.15) is 0 Å². The Morgan fingerprint density at radius 2 is 0.682 bits per heavy atom. The van der Waals surface area contributed by atoms with E-state index in [2.05, 4.69) is 27.7 Å². The van der Waals surface area contributed by atoms with Crippen molar-refractivity contribution in [2.45, 2.75) is 265 Å². The number of unbranched alkanes of at least 4 members (excludes halogenated alkanes) is 22. The highest BCUT2D eigenvalue weighted by molar-refractivity contribution is 5.73. The van der Waals surface area contributed by atoms with Crippen LogP contribution in [-0.4, -0.2) is 87.9 Å². The molecule has 2 atom stereocenters. The fourth-order valence-corrected chi connectivity index (χ4v) is 8.19. The van der Waals surface area contributed by atoms with Gasteiger partial charge in [-0.3, -0.25) is 24.0 Å². The molecule has 0 bridgehead atoms. The summed E-state index contributed by atoms with van der Waals surface area (Å²) in [5, 5.41) is 0. The van der Waals surface area contributed by atoms with E-state index in [9.17, 15) is 24.0 Å². The monoisotopic (exact) mass is 938 g/mol. The van der Waals surface area contributed by atoms with Crippen molar-refractivity contribution < 1.29 is 47.7 Å². The van der Waals surface area contributed by atoms with Crippen molar-refractivity contribution in [1.82, 2.24) is 4.90 Å². The molecule has 0 rings (SSSR count). The van der Waals surface area contributed by atoms with Crippen LogP contribution in [0.4, 0.5) is 0 Å². The predicted molar refractivity (Wildman–Crippen MR) is 268 cm³/mol. The molecular weight excluding hydrogens is 835 g/mol. The molecule has 66 heavy (non-hydrogen) atoms. The first-order chi connectivity index (χ1) is 32.1. The van der Waals surface area contributed by atoms with Gasteiger partial charge in [-0.15, -0.1) is 0 Å². The zero-order valence-electron chi connectivity index (χ0n) is 43.8. The first-order valence-corrected chi connectivity index (χ1v) is 27.6. The third-order valence-electron chi connectivity index (χ3n) is 12.5. The average molecular weight is 938 g/mol. The largest absolute Gasteiger partial charge is 0.465 e. The molecule has 0 amide bonds. The molecule has 0 aromatic carbocycles. The Labute approximate surface area is 405 Å². The van der Waals surface area contributed by atoms with E-state index in [4.69, 9.17) is 23.7 Å². The summed E-state index contributed by atoms with van der Waals surface area (Å²) >= 11 is 0. The van der Waals surface area contributed by atoms with Crippen LogP contribution in [-0.2, 0) is 47.7 Å². The number of rotatable bonds is 49. The Morgan fingerprint density at radius 1 is 0.364 bits per heavy atom. The van der Waals surface area contributed by atoms with Crippen LogP contribution in [0.25, 0.3) is 0 Å². The van der Waals surface area contributed by atoms with Crippen molar-refractivity contribution in [3.8, 4) is 0 Å². The van der Waals surface area contributed by atoms with Gasteiger partial charge in [0, 0.05) is 19.3 Å². The number of hydrogen-bond donors (Lipinski definition) is 0. The van der Waals surface area contributed by atoms with Crippen LogP contribution >= 0.6 is 0 Å². The molecule has 0 aliphatic heterocycles. The minimum absolute atomic E-state index is 0.00421. The van der Waals surface area contributed by atoms with Gasteiger partial charge in [-0.1, -0.05) is 182 Å². The normalized spacial score (nSPS) is 12.7. The van der Waals surface area contributed by atoms with Crippen LogP contribution in [0.5, 0.6) is 0 Å². The van der Waals surface area contributed by atoms with Gasteiger partial charge in [0.25, 0.3) is 0 Å². The van der Waals surface area contributed by atoms with E-state index in [1.54, 1.807) is 0 Å². The first kappa shape index (κ1) is 63.3. The molecule has 11 heteroatoms. The van der Waals surface area contributed by atoms with Crippen LogP contribution < -0.4 is 0 Å². The van der Waals surface area contributed by atoms with Gasteiger partial charge in [0.05, 0.1) is 25.0 Å². The highest BCUT2D eigenvalue weighted by Gasteiger charge is 2.22. The Kier molecular flexibility index (Phi) is 45.4. The maximum atomic E-state index is 13.0. The van der Waals surface area contributed by atoms with E-state index in [0.717, 1.165) is 96.4 Å². The SMILES string of the molecule is CCCCCCCCC(CCCCCC)C(=O)OCCCCCCC(=O)OCC(COC(=O)CCCCCCOC(=O)C(CCCCCC)CCCCCCCC)OC(=O)CCCN(C)C. The zero-order valence-corrected chi connectivity index (χ0v) is 43.8. The molecule has 0 aromatic rings. The lowest BCUT2D eigenvalue weighted by Gasteiger charge is -2.18. The summed E-state index contributed by atoms with van der Waals surface area (Å²) in [7, 11) is 3.87. The van der Waals surface area contributed by atoms with Gasteiger partial charge in [-0.05, 0) is 78.4 Å². The first-order valence-electron chi connectivity index (χ1n) is 27.6. The Morgan fingerprint density at radius 3 is 1.06 bits per heavy atom. The van der Waals surface area contributed by atoms with E-state index < -0.39 is 24.0 Å². The van der Waals surface area contributed by atoms with Gasteiger partial charge in [0.15, 0.2) is 6.10 Å². The van der Waals surface area contributed by atoms with Gasteiger partial charge >= 0.3 is 29.8 Å². The highest BCUT2D eigenvalue weighted by Crippen LogP contribution is 2.22. The molecule has 0 aliphatic carbocycles. The van der Waals surface area contributed by atoms with Crippen molar-refractivity contribution in [1.29, 1.82) is 0 Å². The zero-order chi connectivity index (χ0) is 48.7. The Hall–Kier alpha value is -2.69. The fraction of sp³-hybridized carbons (Fsp3) is 0.909. The summed E-state index contributed by atoms with van der Waals surface area (Å²) in [6, 6.07) is 0. The van der Waals surface area contributed by atoms with Crippen LogP contribution in [0, 0.1) is 11.8 Å². The highest BCUT2D eigenvalue weighted by atomic mass is 16.6. The third-order valence-corrected chi connectivity index (χ3v) is 12.5. The number of nitrogens with zero attached hydrogens (tertiary/aromatic N) is 1. The van der Waals surface area contributed by atoms with E-state index in [1.165, 1.54) is 103 Å². The summed E-state index contributed by atoms with van der Waals surface area (Å²) in [4.78, 5) is 65.8. The van der Waals surface area contributed by atoms with Crippen LogP contribution in [0.1, 0.15) is 259 Å². The fourth-order valence-electron chi connectivity index (χ4n) is 8.19. The lowest BCUT2D eigenvalue weighted by Crippen LogP contribution is -2.31. The molecule has 0 saturated carbocycles. The quantitative estimate of drug-likeness (QED) is 0.0328. The second-order valence-corrected chi connectivity index (χ2v) is 19.3. The molecule has 0 spiro atoms. The minimum atomic E-state index is -0.887. The van der Waals surface area contributed by atoms with Crippen molar-refractivity contribution in [3.05, 3.63) is 0 Å². The van der Waals surface area contributed by atoms with Crippen molar-refractivity contribution >= 4 is 29.8 Å². The lowest BCUT2D eigenvalue weighted by molar-refractivity contribution is -0.167. The van der Waals surface area contributed by atoms with Crippen molar-refractivity contribution in [3.63, 3.8) is 0 Å². The maximum Gasteiger partial charge on any atom is 0.308 e. The number of hydrogen-bond acceptors (Lipinski definition) is 11. The lowest BCUT2D eigenvalue weighted by atomic mass is 9.94. The van der Waals surface area contributed by atoms with Gasteiger partial charge in [0.1, 0.15) is 13.2 Å². The maximum absolute atomic E-state index is 13.0. The number of esters is 5. The molecule has 0 saturated heterocycles. The molecule has 388 valence electrons. The van der Waals surface area contributed by atoms with E-state index in [1.807, 2.05) is 19.0 Å². The number of carbonyl (C=O) groups is 5. The molecule has 0 heterocycles. The van der Waals surface area contributed by atoms with Gasteiger partial charge < -0.3 is 28.6 Å². The molecule has 0 N–H and O–H groups in total. The number of ether oxygens (including phenoxy) is 5. The van der Waals surface area contributed by atoms with Crippen LogP contribution in [0.2, 0.25) is 0 Å². The van der Waals surface area contributed by atoms with E-state index in [-0.39, 0.29) is 56.3 Å². The van der Waals surface area contributed by atoms with Crippen LogP contribution in [0.3, 0.4) is 0 Å². The van der Waals surface area contributed by atoms with Crippen LogP contribution in [0.15, 0.2) is 0 Å². The smallest absolute Gasteiger partial charge is 0.308 e. The molecule has 0 aromatic heterocycles. The summed E-state index contributed by atoms with van der Waals surface area (Å²) in [5.41, 5.74) is 0. The second kappa shape index (κ2) is 47.4. The van der Waals surface area contributed by atoms with Crippen molar-refractivity contribution in [2.75, 3.05) is 47.1 Å². The summed E-state index contributed by atoms with van der Waals surface area (Å²) < 4.78 is 28.0. The Bertz CT molecular complexity index is 1090. The predicted octanol–water partition coefficient (Wildman–Crippen LogP) is 14.0. The minimum Gasteiger partial charge on any atom is -0.465 e.